The Labute approximate surface area is 183 Å². The lowest BCUT2D eigenvalue weighted by atomic mass is 9.99. The maximum Gasteiger partial charge on any atom is 0.338 e. The van der Waals surface area contributed by atoms with Gasteiger partial charge in [-0.25, -0.2) is 4.79 Å². The fourth-order valence-electron chi connectivity index (χ4n) is 4.37. The topological polar surface area (TPSA) is 96.3 Å². The molecular weight excluding hydrogens is 418 g/mol. The summed E-state index contributed by atoms with van der Waals surface area (Å²) in [7, 11) is -3.89. The largest absolute Gasteiger partial charge is 0.449 e. The molecule has 0 N–H and O–H groups in total. The molecule has 0 saturated carbocycles. The highest BCUT2D eigenvalue weighted by molar-refractivity contribution is 7.90. The fourth-order valence-corrected chi connectivity index (χ4v) is 5.66. The van der Waals surface area contributed by atoms with Gasteiger partial charge in [-0.1, -0.05) is 13.3 Å². The number of nitrogens with zero attached hydrogens (tertiary/aromatic N) is 3. The second kappa shape index (κ2) is 8.61. The van der Waals surface area contributed by atoms with Crippen molar-refractivity contribution in [3.8, 4) is 0 Å². The lowest BCUT2D eigenvalue weighted by Crippen LogP contribution is -2.44. The van der Waals surface area contributed by atoms with Crippen molar-refractivity contribution in [2.24, 2.45) is 10.3 Å². The van der Waals surface area contributed by atoms with Gasteiger partial charge in [0.1, 0.15) is 10.7 Å². The number of esters is 1. The predicted octanol–water partition coefficient (Wildman–Crippen LogP) is 2.97. The van der Waals surface area contributed by atoms with Crippen LogP contribution in [0.3, 0.4) is 0 Å². The third kappa shape index (κ3) is 4.46. The monoisotopic (exact) mass is 447 g/mol. The van der Waals surface area contributed by atoms with Crippen molar-refractivity contribution in [3.05, 3.63) is 23.8 Å². The number of hydrogen-bond acceptors (Lipinski definition) is 6. The van der Waals surface area contributed by atoms with Crippen LogP contribution in [0.1, 0.15) is 62.7 Å². The standard InChI is InChI=1S/C22H29N3O5S/c1-15-9-12-24(13-10-15)21(26)16(2)30-22(27)17-7-8-18-19(14-17)31(28,29)23-20-6-4-3-5-11-25(18)20/h7-8,14-16H,3-6,9-13H2,1-2H3/t16-/m0/s1. The molecule has 31 heavy (non-hydrogen) atoms. The number of hydrogen-bond donors (Lipinski definition) is 0. The minimum absolute atomic E-state index is 0.0107. The molecular formula is C22H29N3O5S. The summed E-state index contributed by atoms with van der Waals surface area (Å²) in [4.78, 5) is 29.0. The Morgan fingerprint density at radius 3 is 2.61 bits per heavy atom. The second-order valence-corrected chi connectivity index (χ2v) is 10.3. The predicted molar refractivity (Wildman–Crippen MR) is 117 cm³/mol. The molecule has 3 aliphatic rings. The van der Waals surface area contributed by atoms with E-state index in [4.69, 9.17) is 4.74 Å². The average molecular weight is 448 g/mol. The van der Waals surface area contributed by atoms with Crippen molar-refractivity contribution < 1.29 is 22.7 Å². The summed E-state index contributed by atoms with van der Waals surface area (Å²) in [6.45, 7) is 5.74. The van der Waals surface area contributed by atoms with Crippen LogP contribution in [-0.4, -0.2) is 56.8 Å². The number of carbonyl (C=O) groups is 2. The molecule has 8 nitrogen and oxygen atoms in total. The SMILES string of the molecule is CC1CCN(C(=O)[C@H](C)OC(=O)c2ccc3c(c2)S(=O)(=O)N=C2CCCCCN23)CC1. The van der Waals surface area contributed by atoms with E-state index >= 15 is 0 Å². The molecule has 9 heteroatoms. The smallest absolute Gasteiger partial charge is 0.338 e. The number of ether oxygens (including phenoxy) is 1. The Morgan fingerprint density at radius 1 is 1.13 bits per heavy atom. The third-order valence-electron chi connectivity index (χ3n) is 6.31. The normalized spacial score (nSPS) is 21.9. The Morgan fingerprint density at radius 2 is 1.87 bits per heavy atom. The molecule has 2 fully saturated rings. The van der Waals surface area contributed by atoms with E-state index in [1.54, 1.807) is 24.0 Å². The summed E-state index contributed by atoms with van der Waals surface area (Å²) in [6, 6.07) is 4.52. The molecule has 0 aromatic heterocycles. The zero-order valence-electron chi connectivity index (χ0n) is 18.0. The first-order valence-corrected chi connectivity index (χ1v) is 12.5. The van der Waals surface area contributed by atoms with Crippen molar-refractivity contribution in [3.63, 3.8) is 0 Å². The highest BCUT2D eigenvalue weighted by Crippen LogP contribution is 2.35. The van der Waals surface area contributed by atoms with Crippen LogP contribution in [0.25, 0.3) is 0 Å². The van der Waals surface area contributed by atoms with E-state index in [0.717, 1.165) is 32.1 Å². The number of sulfonamides is 1. The Bertz CT molecular complexity index is 1010. The molecule has 1 atom stereocenters. The van der Waals surface area contributed by atoms with Gasteiger partial charge in [0.2, 0.25) is 0 Å². The van der Waals surface area contributed by atoms with E-state index in [2.05, 4.69) is 11.3 Å². The van der Waals surface area contributed by atoms with E-state index < -0.39 is 22.1 Å². The van der Waals surface area contributed by atoms with Gasteiger partial charge in [0.25, 0.3) is 15.9 Å². The molecule has 1 aromatic rings. The van der Waals surface area contributed by atoms with Gasteiger partial charge in [-0.05, 0) is 56.7 Å². The van der Waals surface area contributed by atoms with Gasteiger partial charge in [-0.15, -0.1) is 4.40 Å². The highest BCUT2D eigenvalue weighted by atomic mass is 32.2. The number of likely N-dealkylation sites (tertiary alicyclic amines) is 1. The fraction of sp³-hybridized carbons (Fsp3) is 0.591. The van der Waals surface area contributed by atoms with Crippen molar-refractivity contribution in [2.45, 2.75) is 63.4 Å². The van der Waals surface area contributed by atoms with E-state index in [-0.39, 0.29) is 16.4 Å². The molecule has 3 aliphatic heterocycles. The average Bonchev–Trinajstić information content (AvgIpc) is 2.98. The number of amides is 1. The molecule has 168 valence electrons. The van der Waals surface area contributed by atoms with Crippen LogP contribution in [-0.2, 0) is 19.6 Å². The minimum Gasteiger partial charge on any atom is -0.449 e. The summed E-state index contributed by atoms with van der Waals surface area (Å²) in [6.07, 6.45) is 4.46. The van der Waals surface area contributed by atoms with Gasteiger partial charge in [0, 0.05) is 26.1 Å². The first kappa shape index (κ1) is 21.8. The number of amidine groups is 1. The molecule has 1 aromatic carbocycles. The molecule has 0 aliphatic carbocycles. The Balaban J connectivity index is 1.51. The lowest BCUT2D eigenvalue weighted by Gasteiger charge is -2.32. The molecule has 3 heterocycles. The first-order chi connectivity index (χ1) is 14.8. The zero-order chi connectivity index (χ0) is 22.2. The number of carbonyl (C=O) groups excluding carboxylic acids is 2. The molecule has 0 radical (unpaired) electrons. The highest BCUT2D eigenvalue weighted by Gasteiger charge is 2.33. The van der Waals surface area contributed by atoms with Crippen LogP contribution >= 0.6 is 0 Å². The van der Waals surface area contributed by atoms with Gasteiger partial charge in [-0.3, -0.25) is 4.79 Å². The lowest BCUT2D eigenvalue weighted by molar-refractivity contribution is -0.141. The van der Waals surface area contributed by atoms with Crippen LogP contribution in [0.4, 0.5) is 5.69 Å². The molecule has 0 unspecified atom stereocenters. The van der Waals surface area contributed by atoms with Crippen LogP contribution in [0.2, 0.25) is 0 Å². The van der Waals surface area contributed by atoms with Crippen LogP contribution in [0, 0.1) is 5.92 Å². The summed E-state index contributed by atoms with van der Waals surface area (Å²) < 4.78 is 34.9. The van der Waals surface area contributed by atoms with Crippen molar-refractivity contribution >= 4 is 33.4 Å². The Kier molecular flexibility index (Phi) is 6.05. The van der Waals surface area contributed by atoms with Gasteiger partial charge >= 0.3 is 5.97 Å². The maximum absolute atomic E-state index is 12.8. The molecule has 4 rings (SSSR count). The molecule has 1 amide bonds. The van der Waals surface area contributed by atoms with Crippen molar-refractivity contribution in [1.29, 1.82) is 0 Å². The van der Waals surface area contributed by atoms with E-state index in [1.165, 1.54) is 6.07 Å². The van der Waals surface area contributed by atoms with Gasteiger partial charge in [0.05, 0.1) is 11.3 Å². The maximum atomic E-state index is 12.8. The number of piperidine rings is 1. The summed E-state index contributed by atoms with van der Waals surface area (Å²) in [5.41, 5.74) is 0.651. The van der Waals surface area contributed by atoms with Crippen molar-refractivity contribution in [2.75, 3.05) is 24.5 Å². The number of rotatable bonds is 3. The van der Waals surface area contributed by atoms with Gasteiger partial charge in [-0.2, -0.15) is 8.42 Å². The Hall–Kier alpha value is -2.42. The van der Waals surface area contributed by atoms with Gasteiger partial charge < -0.3 is 14.5 Å². The summed E-state index contributed by atoms with van der Waals surface area (Å²) in [5, 5.41) is 0. The molecule has 0 spiro atoms. The van der Waals surface area contributed by atoms with Crippen LogP contribution in [0.5, 0.6) is 0 Å². The van der Waals surface area contributed by atoms with E-state index in [1.807, 2.05) is 4.90 Å². The molecule has 2 saturated heterocycles. The second-order valence-electron chi connectivity index (χ2n) is 8.68. The van der Waals surface area contributed by atoms with Crippen LogP contribution < -0.4 is 4.90 Å². The number of benzene rings is 1. The van der Waals surface area contributed by atoms with E-state index in [0.29, 0.717) is 43.5 Å². The minimum atomic E-state index is -3.89. The van der Waals surface area contributed by atoms with Crippen molar-refractivity contribution in [1.82, 2.24) is 4.90 Å². The first-order valence-electron chi connectivity index (χ1n) is 11.0. The third-order valence-corrected chi connectivity index (χ3v) is 7.64. The zero-order valence-corrected chi connectivity index (χ0v) is 18.9. The van der Waals surface area contributed by atoms with E-state index in [9.17, 15) is 18.0 Å². The summed E-state index contributed by atoms with van der Waals surface area (Å²) in [5.74, 6) is 0.224. The van der Waals surface area contributed by atoms with Crippen LogP contribution in [0.15, 0.2) is 27.5 Å². The number of fused-ring (bicyclic) bond motifs is 3. The van der Waals surface area contributed by atoms with Gasteiger partial charge in [0.15, 0.2) is 6.10 Å². The summed E-state index contributed by atoms with van der Waals surface area (Å²) >= 11 is 0. The number of anilines is 1. The quantitative estimate of drug-likeness (QED) is 0.661. The molecule has 0 bridgehead atoms.